The summed E-state index contributed by atoms with van der Waals surface area (Å²) in [6, 6.07) is 15.7. The van der Waals surface area contributed by atoms with Crippen molar-refractivity contribution in [1.29, 1.82) is 0 Å². The topological polar surface area (TPSA) is 58.6 Å². The van der Waals surface area contributed by atoms with Crippen molar-refractivity contribution in [3.8, 4) is 5.75 Å². The summed E-state index contributed by atoms with van der Waals surface area (Å²) in [5.74, 6) is 1.30. The van der Waals surface area contributed by atoms with Gasteiger partial charge in [-0.25, -0.2) is 0 Å². The Morgan fingerprint density at radius 2 is 1.85 bits per heavy atom. The second-order valence-corrected chi connectivity index (χ2v) is 7.56. The normalized spacial score (nSPS) is 16.2. The lowest BCUT2D eigenvalue weighted by atomic mass is 10.0. The van der Waals surface area contributed by atoms with Crippen molar-refractivity contribution < 1.29 is 14.3 Å². The van der Waals surface area contributed by atoms with Gasteiger partial charge in [-0.3, -0.25) is 9.59 Å². The molecule has 0 spiro atoms. The number of thioether (sulfide) groups is 1. The highest BCUT2D eigenvalue weighted by molar-refractivity contribution is 8.00. The number of ether oxygens (including phenoxy) is 1. The van der Waals surface area contributed by atoms with Crippen LogP contribution in [0.25, 0.3) is 0 Å². The standard InChI is InChI=1S/C21H24N2O3S/c1-15(24)22-17-7-11-19(12-8-17)27-14-21(25)23-13-3-4-20(23)16-5-9-18(26-2)10-6-16/h5-12,20H,3-4,13-14H2,1-2H3,(H,22,24). The number of anilines is 1. The fourth-order valence-electron chi connectivity index (χ4n) is 3.30. The molecular weight excluding hydrogens is 360 g/mol. The third kappa shape index (κ3) is 5.04. The Bertz CT molecular complexity index is 790. The van der Waals surface area contributed by atoms with Gasteiger partial charge in [0.2, 0.25) is 11.8 Å². The van der Waals surface area contributed by atoms with E-state index in [1.165, 1.54) is 18.7 Å². The molecule has 6 heteroatoms. The number of benzene rings is 2. The van der Waals surface area contributed by atoms with E-state index in [0.717, 1.165) is 41.3 Å². The molecule has 27 heavy (non-hydrogen) atoms. The molecule has 3 rings (SSSR count). The minimum Gasteiger partial charge on any atom is -0.497 e. The molecular formula is C21H24N2O3S. The highest BCUT2D eigenvalue weighted by atomic mass is 32.2. The molecule has 1 N–H and O–H groups in total. The molecule has 1 aliphatic heterocycles. The first kappa shape index (κ1) is 19.3. The average molecular weight is 385 g/mol. The molecule has 0 aliphatic carbocycles. The van der Waals surface area contributed by atoms with E-state index < -0.39 is 0 Å². The minimum absolute atomic E-state index is 0.0933. The number of likely N-dealkylation sites (tertiary alicyclic amines) is 1. The smallest absolute Gasteiger partial charge is 0.233 e. The van der Waals surface area contributed by atoms with Gasteiger partial charge < -0.3 is 15.0 Å². The predicted molar refractivity (Wildman–Crippen MR) is 108 cm³/mol. The number of rotatable bonds is 6. The van der Waals surface area contributed by atoms with Crippen LogP contribution < -0.4 is 10.1 Å². The maximum absolute atomic E-state index is 12.8. The van der Waals surface area contributed by atoms with E-state index in [1.807, 2.05) is 53.4 Å². The lowest BCUT2D eigenvalue weighted by Crippen LogP contribution is -2.31. The summed E-state index contributed by atoms with van der Waals surface area (Å²) in [6.45, 7) is 2.29. The number of methoxy groups -OCH3 is 1. The van der Waals surface area contributed by atoms with Crippen LogP contribution >= 0.6 is 11.8 Å². The predicted octanol–water partition coefficient (Wildman–Crippen LogP) is 4.11. The zero-order valence-electron chi connectivity index (χ0n) is 15.6. The van der Waals surface area contributed by atoms with Crippen molar-refractivity contribution in [1.82, 2.24) is 4.90 Å². The van der Waals surface area contributed by atoms with Crippen molar-refractivity contribution >= 4 is 29.3 Å². The Labute approximate surface area is 164 Å². The maximum Gasteiger partial charge on any atom is 0.233 e. The van der Waals surface area contributed by atoms with Gasteiger partial charge in [-0.05, 0) is 54.8 Å². The first-order valence-electron chi connectivity index (χ1n) is 9.00. The average Bonchev–Trinajstić information content (AvgIpc) is 3.17. The van der Waals surface area contributed by atoms with Crippen molar-refractivity contribution in [2.75, 3.05) is 24.7 Å². The number of hydrogen-bond acceptors (Lipinski definition) is 4. The largest absolute Gasteiger partial charge is 0.497 e. The van der Waals surface area contributed by atoms with Crippen molar-refractivity contribution in [3.63, 3.8) is 0 Å². The zero-order valence-corrected chi connectivity index (χ0v) is 16.4. The van der Waals surface area contributed by atoms with E-state index in [9.17, 15) is 9.59 Å². The molecule has 1 heterocycles. The summed E-state index contributed by atoms with van der Waals surface area (Å²) >= 11 is 1.52. The lowest BCUT2D eigenvalue weighted by Gasteiger charge is -2.25. The summed E-state index contributed by atoms with van der Waals surface area (Å²) < 4.78 is 5.22. The van der Waals surface area contributed by atoms with Crippen LogP contribution in [0.15, 0.2) is 53.4 Å². The van der Waals surface area contributed by atoms with Gasteiger partial charge in [0.25, 0.3) is 0 Å². The Hall–Kier alpha value is -2.47. The Kier molecular flexibility index (Phi) is 6.40. The van der Waals surface area contributed by atoms with E-state index in [-0.39, 0.29) is 17.9 Å². The van der Waals surface area contributed by atoms with Gasteiger partial charge >= 0.3 is 0 Å². The van der Waals surface area contributed by atoms with E-state index in [1.54, 1.807) is 7.11 Å². The van der Waals surface area contributed by atoms with Gasteiger partial charge in [0.15, 0.2) is 0 Å². The minimum atomic E-state index is -0.0933. The molecule has 0 bridgehead atoms. The molecule has 2 aromatic carbocycles. The van der Waals surface area contributed by atoms with Gasteiger partial charge in [-0.15, -0.1) is 11.8 Å². The summed E-state index contributed by atoms with van der Waals surface area (Å²) in [4.78, 5) is 26.8. The van der Waals surface area contributed by atoms with Crippen LogP contribution in [0.3, 0.4) is 0 Å². The van der Waals surface area contributed by atoms with Gasteiger partial charge in [-0.2, -0.15) is 0 Å². The molecule has 1 atom stereocenters. The third-order valence-electron chi connectivity index (χ3n) is 4.61. The van der Waals surface area contributed by atoms with Crippen molar-refractivity contribution in [2.45, 2.75) is 30.7 Å². The number of nitrogens with zero attached hydrogens (tertiary/aromatic N) is 1. The fraction of sp³-hybridized carbons (Fsp3) is 0.333. The SMILES string of the molecule is COc1ccc(C2CCCN2C(=O)CSc2ccc(NC(C)=O)cc2)cc1. The van der Waals surface area contributed by atoms with Gasteiger partial charge in [0.05, 0.1) is 18.9 Å². The van der Waals surface area contributed by atoms with Crippen LogP contribution in [0, 0.1) is 0 Å². The molecule has 0 radical (unpaired) electrons. The van der Waals surface area contributed by atoms with Gasteiger partial charge in [0.1, 0.15) is 5.75 Å². The summed E-state index contributed by atoms with van der Waals surface area (Å²) in [5.41, 5.74) is 1.92. The molecule has 1 saturated heterocycles. The number of amides is 2. The number of nitrogens with one attached hydrogen (secondary N) is 1. The number of hydrogen-bond donors (Lipinski definition) is 1. The maximum atomic E-state index is 12.8. The van der Waals surface area contributed by atoms with Crippen LogP contribution in [0.2, 0.25) is 0 Å². The van der Waals surface area contributed by atoms with Crippen LogP contribution in [0.4, 0.5) is 5.69 Å². The second kappa shape index (κ2) is 8.95. The molecule has 0 saturated carbocycles. The summed E-state index contributed by atoms with van der Waals surface area (Å²) in [7, 11) is 1.65. The number of carbonyl (C=O) groups is 2. The van der Waals surface area contributed by atoms with E-state index in [2.05, 4.69) is 5.32 Å². The Balaban J connectivity index is 1.58. The second-order valence-electron chi connectivity index (χ2n) is 6.51. The molecule has 142 valence electrons. The molecule has 2 amide bonds. The van der Waals surface area contributed by atoms with E-state index in [4.69, 9.17) is 4.74 Å². The summed E-state index contributed by atoms with van der Waals surface area (Å²) in [6.07, 6.45) is 2.02. The first-order valence-corrected chi connectivity index (χ1v) is 9.99. The quantitative estimate of drug-likeness (QED) is 0.762. The number of carbonyl (C=O) groups excluding carboxylic acids is 2. The van der Waals surface area contributed by atoms with Crippen LogP contribution in [0.1, 0.15) is 31.4 Å². The molecule has 1 unspecified atom stereocenters. The highest BCUT2D eigenvalue weighted by Gasteiger charge is 2.29. The van der Waals surface area contributed by atoms with Crippen molar-refractivity contribution in [3.05, 3.63) is 54.1 Å². The van der Waals surface area contributed by atoms with Crippen LogP contribution in [0.5, 0.6) is 5.75 Å². The zero-order chi connectivity index (χ0) is 19.2. The monoisotopic (exact) mass is 384 g/mol. The van der Waals surface area contributed by atoms with Crippen LogP contribution in [-0.4, -0.2) is 36.1 Å². The molecule has 1 fully saturated rings. The Morgan fingerprint density at radius 3 is 2.48 bits per heavy atom. The van der Waals surface area contributed by atoms with Gasteiger partial charge in [0, 0.05) is 24.1 Å². The first-order chi connectivity index (χ1) is 13.1. The molecule has 5 nitrogen and oxygen atoms in total. The molecule has 0 aromatic heterocycles. The highest BCUT2D eigenvalue weighted by Crippen LogP contribution is 2.33. The van der Waals surface area contributed by atoms with E-state index >= 15 is 0 Å². The molecule has 1 aliphatic rings. The summed E-state index contributed by atoms with van der Waals surface area (Å²) in [5, 5.41) is 2.74. The third-order valence-corrected chi connectivity index (χ3v) is 5.61. The van der Waals surface area contributed by atoms with Crippen molar-refractivity contribution in [2.24, 2.45) is 0 Å². The lowest BCUT2D eigenvalue weighted by molar-refractivity contribution is -0.129. The van der Waals surface area contributed by atoms with Crippen LogP contribution in [-0.2, 0) is 9.59 Å². The fourth-order valence-corrected chi connectivity index (χ4v) is 4.09. The van der Waals surface area contributed by atoms with E-state index in [0.29, 0.717) is 5.75 Å². The van der Waals surface area contributed by atoms with Gasteiger partial charge in [-0.1, -0.05) is 12.1 Å². The molecule has 2 aromatic rings. The Morgan fingerprint density at radius 1 is 1.15 bits per heavy atom.